The smallest absolute Gasteiger partial charge is 0.252 e. The summed E-state index contributed by atoms with van der Waals surface area (Å²) < 4.78 is 0. The van der Waals surface area contributed by atoms with Crippen molar-refractivity contribution >= 4 is 5.69 Å². The second-order valence-electron chi connectivity index (χ2n) is 5.51. The minimum Gasteiger partial charge on any atom is -0.507 e. The van der Waals surface area contributed by atoms with E-state index in [1.54, 1.807) is 0 Å². The van der Waals surface area contributed by atoms with Gasteiger partial charge in [-0.15, -0.1) is 0 Å². The fraction of sp³-hybridized carbons (Fsp3) is 0.353. The summed E-state index contributed by atoms with van der Waals surface area (Å²) in [6.07, 6.45) is 0.664. The molecule has 0 amide bonds. The standard InChI is InChI=1S/C17H21N3O2/c1-2-14-15(21)11-16(22)19-17(14)12-3-5-13(6-4-12)20-9-7-18-8-10-20/h3-6,11,18H,2,7-10H2,1H3,(H2,19,21,22). The Hall–Kier alpha value is -2.27. The number of H-pyrrole nitrogens is 1. The summed E-state index contributed by atoms with van der Waals surface area (Å²) >= 11 is 0. The third-order valence-corrected chi connectivity index (χ3v) is 4.12. The van der Waals surface area contributed by atoms with Crippen LogP contribution in [0.2, 0.25) is 0 Å². The predicted molar refractivity (Wildman–Crippen MR) is 88.6 cm³/mol. The summed E-state index contributed by atoms with van der Waals surface area (Å²) in [7, 11) is 0. The molecule has 5 nitrogen and oxygen atoms in total. The Morgan fingerprint density at radius 3 is 2.50 bits per heavy atom. The fourth-order valence-corrected chi connectivity index (χ4v) is 2.94. The van der Waals surface area contributed by atoms with Crippen LogP contribution in [0.3, 0.4) is 0 Å². The molecule has 22 heavy (non-hydrogen) atoms. The molecule has 0 radical (unpaired) electrons. The van der Waals surface area contributed by atoms with Crippen LogP contribution in [0.15, 0.2) is 35.1 Å². The SMILES string of the molecule is CCc1c(O)cc(=O)[nH]c1-c1ccc(N2CCNCC2)cc1. The van der Waals surface area contributed by atoms with Crippen LogP contribution in [0.5, 0.6) is 5.75 Å². The summed E-state index contributed by atoms with van der Waals surface area (Å²) in [4.78, 5) is 16.8. The molecule has 0 bridgehead atoms. The lowest BCUT2D eigenvalue weighted by Gasteiger charge is -2.29. The number of nitrogens with one attached hydrogen (secondary N) is 2. The Morgan fingerprint density at radius 1 is 1.18 bits per heavy atom. The second kappa shape index (κ2) is 6.23. The average Bonchev–Trinajstić information content (AvgIpc) is 2.55. The molecule has 0 aliphatic carbocycles. The van der Waals surface area contributed by atoms with Crippen molar-refractivity contribution in [2.75, 3.05) is 31.1 Å². The number of aromatic nitrogens is 1. The summed E-state index contributed by atoms with van der Waals surface area (Å²) in [6, 6.07) is 9.38. The summed E-state index contributed by atoms with van der Waals surface area (Å²) in [5.41, 5.74) is 3.30. The highest BCUT2D eigenvalue weighted by Crippen LogP contribution is 2.28. The van der Waals surface area contributed by atoms with Gasteiger partial charge in [0.05, 0.1) is 5.69 Å². The van der Waals surface area contributed by atoms with Gasteiger partial charge in [0.2, 0.25) is 0 Å². The first-order valence-electron chi connectivity index (χ1n) is 7.70. The highest BCUT2D eigenvalue weighted by molar-refractivity contribution is 5.68. The largest absolute Gasteiger partial charge is 0.507 e. The molecule has 3 rings (SSSR count). The van der Waals surface area contributed by atoms with E-state index < -0.39 is 0 Å². The number of rotatable bonds is 3. The molecule has 1 aromatic heterocycles. The van der Waals surface area contributed by atoms with E-state index in [2.05, 4.69) is 27.3 Å². The van der Waals surface area contributed by atoms with Gasteiger partial charge in [-0.2, -0.15) is 0 Å². The number of aromatic hydroxyl groups is 1. The van der Waals surface area contributed by atoms with Gasteiger partial charge in [0.1, 0.15) is 5.75 Å². The molecule has 0 unspecified atom stereocenters. The molecule has 3 N–H and O–H groups in total. The van der Waals surface area contributed by atoms with Crippen LogP contribution >= 0.6 is 0 Å². The first kappa shape index (κ1) is 14.7. The maximum atomic E-state index is 11.6. The average molecular weight is 299 g/mol. The maximum Gasteiger partial charge on any atom is 0.252 e. The molecular weight excluding hydrogens is 278 g/mol. The van der Waals surface area contributed by atoms with Gasteiger partial charge >= 0.3 is 0 Å². The van der Waals surface area contributed by atoms with E-state index in [9.17, 15) is 9.90 Å². The number of aromatic amines is 1. The van der Waals surface area contributed by atoms with E-state index >= 15 is 0 Å². The zero-order chi connectivity index (χ0) is 15.5. The van der Waals surface area contributed by atoms with Gasteiger partial charge in [-0.3, -0.25) is 4.79 Å². The van der Waals surface area contributed by atoms with Gasteiger partial charge in [0.15, 0.2) is 0 Å². The predicted octanol–water partition coefficient (Wildman–Crippen LogP) is 1.72. The monoisotopic (exact) mass is 299 g/mol. The van der Waals surface area contributed by atoms with Crippen molar-refractivity contribution in [2.24, 2.45) is 0 Å². The van der Waals surface area contributed by atoms with E-state index in [0.29, 0.717) is 12.1 Å². The highest BCUT2D eigenvalue weighted by atomic mass is 16.3. The first-order chi connectivity index (χ1) is 10.7. The van der Waals surface area contributed by atoms with E-state index in [1.807, 2.05) is 19.1 Å². The Morgan fingerprint density at radius 2 is 1.86 bits per heavy atom. The fourth-order valence-electron chi connectivity index (χ4n) is 2.94. The number of hydrogen-bond acceptors (Lipinski definition) is 4. The summed E-state index contributed by atoms with van der Waals surface area (Å²) in [6.45, 7) is 5.97. The van der Waals surface area contributed by atoms with Gasteiger partial charge in [-0.25, -0.2) is 0 Å². The molecule has 116 valence electrons. The summed E-state index contributed by atoms with van der Waals surface area (Å²) in [5, 5.41) is 13.3. The van der Waals surface area contributed by atoms with Crippen LogP contribution in [-0.2, 0) is 6.42 Å². The summed E-state index contributed by atoms with van der Waals surface area (Å²) in [5.74, 6) is 0.0624. The number of piperazine rings is 1. The lowest BCUT2D eigenvalue weighted by Crippen LogP contribution is -2.43. The molecule has 5 heteroatoms. The van der Waals surface area contributed by atoms with Gasteiger partial charge in [-0.1, -0.05) is 19.1 Å². The van der Waals surface area contributed by atoms with Crippen LogP contribution in [0.1, 0.15) is 12.5 Å². The van der Waals surface area contributed by atoms with Crippen molar-refractivity contribution in [3.63, 3.8) is 0 Å². The lowest BCUT2D eigenvalue weighted by atomic mass is 10.0. The molecule has 2 aromatic rings. The van der Waals surface area contributed by atoms with Crippen molar-refractivity contribution < 1.29 is 5.11 Å². The van der Waals surface area contributed by atoms with Crippen molar-refractivity contribution in [3.8, 4) is 17.0 Å². The lowest BCUT2D eigenvalue weighted by molar-refractivity contribution is 0.467. The highest BCUT2D eigenvalue weighted by Gasteiger charge is 2.13. The first-order valence-corrected chi connectivity index (χ1v) is 7.70. The van der Waals surface area contributed by atoms with E-state index in [0.717, 1.165) is 37.3 Å². The third kappa shape index (κ3) is 2.85. The van der Waals surface area contributed by atoms with Gasteiger partial charge in [0.25, 0.3) is 5.56 Å². The second-order valence-corrected chi connectivity index (χ2v) is 5.51. The molecule has 0 spiro atoms. The van der Waals surface area contributed by atoms with Crippen molar-refractivity contribution in [3.05, 3.63) is 46.2 Å². The van der Waals surface area contributed by atoms with Crippen LogP contribution in [0.4, 0.5) is 5.69 Å². The number of benzene rings is 1. The molecular formula is C17H21N3O2. The minimum atomic E-state index is -0.282. The molecule has 1 aromatic carbocycles. The van der Waals surface area contributed by atoms with Crippen LogP contribution in [0.25, 0.3) is 11.3 Å². The Balaban J connectivity index is 1.94. The van der Waals surface area contributed by atoms with Crippen molar-refractivity contribution in [1.29, 1.82) is 0 Å². The number of hydrogen-bond donors (Lipinski definition) is 3. The van der Waals surface area contributed by atoms with E-state index in [1.165, 1.54) is 11.8 Å². The quantitative estimate of drug-likeness (QED) is 0.807. The van der Waals surface area contributed by atoms with Gasteiger partial charge in [0, 0.05) is 43.5 Å². The van der Waals surface area contributed by atoms with Crippen LogP contribution < -0.4 is 15.8 Å². The van der Waals surface area contributed by atoms with Crippen LogP contribution in [0, 0.1) is 0 Å². The molecule has 1 saturated heterocycles. The number of pyridine rings is 1. The molecule has 1 aliphatic heterocycles. The van der Waals surface area contributed by atoms with Crippen molar-refractivity contribution in [1.82, 2.24) is 10.3 Å². The third-order valence-electron chi connectivity index (χ3n) is 4.12. The molecule has 0 saturated carbocycles. The zero-order valence-corrected chi connectivity index (χ0v) is 12.7. The Labute approximate surface area is 129 Å². The molecule has 1 aliphatic rings. The van der Waals surface area contributed by atoms with Crippen molar-refractivity contribution in [2.45, 2.75) is 13.3 Å². The number of anilines is 1. The maximum absolute atomic E-state index is 11.6. The Bertz CT molecular complexity index is 701. The zero-order valence-electron chi connectivity index (χ0n) is 12.7. The van der Waals surface area contributed by atoms with Crippen LogP contribution in [-0.4, -0.2) is 36.3 Å². The molecule has 1 fully saturated rings. The normalized spacial score (nSPS) is 15.0. The van der Waals surface area contributed by atoms with E-state index in [-0.39, 0.29) is 11.3 Å². The van der Waals surface area contributed by atoms with Gasteiger partial charge < -0.3 is 20.3 Å². The minimum absolute atomic E-state index is 0.0624. The van der Waals surface area contributed by atoms with Gasteiger partial charge in [-0.05, 0) is 24.1 Å². The Kier molecular flexibility index (Phi) is 4.15. The topological polar surface area (TPSA) is 68.4 Å². The molecule has 2 heterocycles. The number of nitrogens with zero attached hydrogens (tertiary/aromatic N) is 1. The van der Waals surface area contributed by atoms with E-state index in [4.69, 9.17) is 0 Å². The molecule has 0 atom stereocenters.